The number of esters is 1. The molecule has 0 unspecified atom stereocenters. The predicted molar refractivity (Wildman–Crippen MR) is 62.0 cm³/mol. The molecule has 17 heavy (non-hydrogen) atoms. The van der Waals surface area contributed by atoms with Gasteiger partial charge in [-0.2, -0.15) is 8.42 Å². The van der Waals surface area contributed by atoms with Crippen LogP contribution in [-0.4, -0.2) is 58.9 Å². The minimum absolute atomic E-state index is 0.0212. The van der Waals surface area contributed by atoms with Gasteiger partial charge in [0, 0.05) is 6.54 Å². The third-order valence-corrected chi connectivity index (χ3v) is 3.42. The third-order valence-electron chi connectivity index (χ3n) is 2.83. The molecular weight excluding hydrogens is 246 g/mol. The van der Waals surface area contributed by atoms with Crippen LogP contribution in [0, 0.1) is 5.92 Å². The Bertz CT molecular complexity index is 346. The van der Waals surface area contributed by atoms with Crippen LogP contribution >= 0.6 is 0 Å². The van der Waals surface area contributed by atoms with Crippen molar-refractivity contribution in [3.05, 3.63) is 0 Å². The topological polar surface area (TPSA) is 72.9 Å². The summed E-state index contributed by atoms with van der Waals surface area (Å²) >= 11 is 0. The van der Waals surface area contributed by atoms with Gasteiger partial charge in [0.1, 0.15) is 0 Å². The van der Waals surface area contributed by atoms with E-state index in [0.29, 0.717) is 6.54 Å². The van der Waals surface area contributed by atoms with E-state index in [1.807, 2.05) is 0 Å². The highest BCUT2D eigenvalue weighted by molar-refractivity contribution is 7.85. The summed E-state index contributed by atoms with van der Waals surface area (Å²) in [4.78, 5) is 13.4. The Morgan fingerprint density at radius 2 is 1.94 bits per heavy atom. The van der Waals surface area contributed by atoms with E-state index < -0.39 is 10.1 Å². The molecule has 7 heteroatoms. The molecule has 1 saturated heterocycles. The Morgan fingerprint density at radius 3 is 2.41 bits per heavy atom. The molecule has 100 valence electrons. The molecule has 1 aliphatic rings. The molecule has 0 atom stereocenters. The maximum atomic E-state index is 11.3. The van der Waals surface area contributed by atoms with Crippen molar-refractivity contribution in [3.63, 3.8) is 0 Å². The zero-order valence-electron chi connectivity index (χ0n) is 10.2. The second-order valence-corrected chi connectivity index (χ2v) is 5.81. The van der Waals surface area contributed by atoms with Gasteiger partial charge in [-0.3, -0.25) is 8.98 Å². The molecule has 1 rings (SSSR count). The van der Waals surface area contributed by atoms with Crippen LogP contribution in [0.1, 0.15) is 12.8 Å². The van der Waals surface area contributed by atoms with Gasteiger partial charge in [0.2, 0.25) is 0 Å². The fourth-order valence-corrected chi connectivity index (χ4v) is 2.25. The summed E-state index contributed by atoms with van der Waals surface area (Å²) in [6.07, 6.45) is 2.55. The summed E-state index contributed by atoms with van der Waals surface area (Å²) < 4.78 is 30.9. The van der Waals surface area contributed by atoms with Gasteiger partial charge in [-0.25, -0.2) is 0 Å². The first-order chi connectivity index (χ1) is 7.92. The average molecular weight is 265 g/mol. The number of likely N-dealkylation sites (tertiary alicyclic amines) is 1. The quantitative estimate of drug-likeness (QED) is 0.508. The van der Waals surface area contributed by atoms with Crippen LogP contribution in [0.4, 0.5) is 0 Å². The Morgan fingerprint density at radius 1 is 1.35 bits per heavy atom. The standard InChI is InChI=1S/C10H19NO5S/c1-15-10(12)9-3-5-11(6-4-9)7-8-16-17(2,13)14/h9H,3-8H2,1-2H3. The number of carbonyl (C=O) groups excluding carboxylic acids is 1. The number of hydrogen-bond donors (Lipinski definition) is 0. The van der Waals surface area contributed by atoms with E-state index in [4.69, 9.17) is 0 Å². The SMILES string of the molecule is COC(=O)C1CCN(CCOS(C)(=O)=O)CC1. The van der Waals surface area contributed by atoms with Crippen molar-refractivity contribution in [1.29, 1.82) is 0 Å². The highest BCUT2D eigenvalue weighted by atomic mass is 32.2. The molecule has 0 bridgehead atoms. The van der Waals surface area contributed by atoms with E-state index in [-0.39, 0.29) is 18.5 Å². The Kier molecular flexibility index (Phi) is 5.35. The van der Waals surface area contributed by atoms with Crippen molar-refractivity contribution in [1.82, 2.24) is 4.90 Å². The molecule has 0 radical (unpaired) electrons. The van der Waals surface area contributed by atoms with Crippen molar-refractivity contribution >= 4 is 16.1 Å². The molecule has 0 spiro atoms. The minimum Gasteiger partial charge on any atom is -0.469 e. The molecule has 0 aromatic heterocycles. The number of methoxy groups -OCH3 is 1. The summed E-state index contributed by atoms with van der Waals surface area (Å²) in [5.74, 6) is -0.177. The van der Waals surface area contributed by atoms with Crippen molar-refractivity contribution in [2.75, 3.05) is 39.6 Å². The molecular formula is C10H19NO5S. The maximum absolute atomic E-state index is 11.3. The summed E-state index contributed by atoms with van der Waals surface area (Å²) in [6.45, 7) is 2.28. The van der Waals surface area contributed by atoms with Gasteiger partial charge >= 0.3 is 5.97 Å². The Hall–Kier alpha value is -0.660. The van der Waals surface area contributed by atoms with Crippen molar-refractivity contribution < 1.29 is 22.1 Å². The molecule has 0 aromatic rings. The summed E-state index contributed by atoms with van der Waals surface area (Å²) in [6, 6.07) is 0. The van der Waals surface area contributed by atoms with Crippen molar-refractivity contribution in [3.8, 4) is 0 Å². The molecule has 1 aliphatic heterocycles. The summed E-state index contributed by atoms with van der Waals surface area (Å²) in [7, 11) is -1.96. The minimum atomic E-state index is -3.35. The molecule has 1 heterocycles. The summed E-state index contributed by atoms with van der Waals surface area (Å²) in [5, 5.41) is 0. The molecule has 1 fully saturated rings. The maximum Gasteiger partial charge on any atom is 0.308 e. The van der Waals surface area contributed by atoms with E-state index in [2.05, 4.69) is 13.8 Å². The van der Waals surface area contributed by atoms with Gasteiger partial charge in [0.05, 0.1) is 25.9 Å². The van der Waals surface area contributed by atoms with E-state index in [9.17, 15) is 13.2 Å². The first-order valence-electron chi connectivity index (χ1n) is 5.57. The fourth-order valence-electron chi connectivity index (χ4n) is 1.88. The highest BCUT2D eigenvalue weighted by Gasteiger charge is 2.25. The lowest BCUT2D eigenvalue weighted by Crippen LogP contribution is -2.38. The lowest BCUT2D eigenvalue weighted by Gasteiger charge is -2.30. The fraction of sp³-hybridized carbons (Fsp3) is 0.900. The predicted octanol–water partition coefficient (Wildman–Crippen LogP) is -0.152. The molecule has 0 N–H and O–H groups in total. The highest BCUT2D eigenvalue weighted by Crippen LogP contribution is 2.17. The number of hydrogen-bond acceptors (Lipinski definition) is 6. The van der Waals surface area contributed by atoms with Crippen LogP contribution in [0.15, 0.2) is 0 Å². The molecule has 6 nitrogen and oxygen atoms in total. The van der Waals surface area contributed by atoms with Gasteiger partial charge in [-0.05, 0) is 25.9 Å². The zero-order chi connectivity index (χ0) is 12.9. The molecule has 0 amide bonds. The number of rotatable bonds is 5. The van der Waals surface area contributed by atoms with E-state index >= 15 is 0 Å². The smallest absolute Gasteiger partial charge is 0.308 e. The van der Waals surface area contributed by atoms with Crippen molar-refractivity contribution in [2.45, 2.75) is 12.8 Å². The van der Waals surface area contributed by atoms with Gasteiger partial charge in [0.25, 0.3) is 10.1 Å². The van der Waals surface area contributed by atoms with Gasteiger partial charge in [-0.15, -0.1) is 0 Å². The molecule has 0 saturated carbocycles. The lowest BCUT2D eigenvalue weighted by molar-refractivity contribution is -0.147. The number of nitrogens with zero attached hydrogens (tertiary/aromatic N) is 1. The van der Waals surface area contributed by atoms with Crippen LogP contribution in [0.3, 0.4) is 0 Å². The van der Waals surface area contributed by atoms with Crippen LogP contribution in [0.5, 0.6) is 0 Å². The third kappa shape index (κ3) is 5.47. The Labute approximate surface area is 102 Å². The van der Waals surface area contributed by atoms with Gasteiger partial charge < -0.3 is 9.64 Å². The normalized spacial score (nSPS) is 19.2. The summed E-state index contributed by atoms with van der Waals surface area (Å²) in [5.41, 5.74) is 0. The van der Waals surface area contributed by atoms with Crippen LogP contribution in [-0.2, 0) is 23.8 Å². The average Bonchev–Trinajstić information content (AvgIpc) is 2.27. The monoisotopic (exact) mass is 265 g/mol. The molecule has 0 aromatic carbocycles. The second kappa shape index (κ2) is 6.32. The lowest BCUT2D eigenvalue weighted by atomic mass is 9.97. The molecule has 0 aliphatic carbocycles. The van der Waals surface area contributed by atoms with Gasteiger partial charge in [-0.1, -0.05) is 0 Å². The first kappa shape index (κ1) is 14.4. The zero-order valence-corrected chi connectivity index (χ0v) is 11.0. The number of carbonyl (C=O) groups is 1. The van der Waals surface area contributed by atoms with E-state index in [1.54, 1.807) is 0 Å². The van der Waals surface area contributed by atoms with Gasteiger partial charge in [0.15, 0.2) is 0 Å². The number of piperidine rings is 1. The van der Waals surface area contributed by atoms with Crippen LogP contribution in [0.25, 0.3) is 0 Å². The Balaban J connectivity index is 2.21. The second-order valence-electron chi connectivity index (χ2n) is 4.17. The first-order valence-corrected chi connectivity index (χ1v) is 7.38. The van der Waals surface area contributed by atoms with E-state index in [1.165, 1.54) is 7.11 Å². The van der Waals surface area contributed by atoms with Crippen LogP contribution in [0.2, 0.25) is 0 Å². The van der Waals surface area contributed by atoms with Crippen LogP contribution < -0.4 is 0 Å². The van der Waals surface area contributed by atoms with Crippen molar-refractivity contribution in [2.24, 2.45) is 5.92 Å². The largest absolute Gasteiger partial charge is 0.469 e. The number of ether oxygens (including phenoxy) is 1. The van der Waals surface area contributed by atoms with E-state index in [0.717, 1.165) is 32.2 Å².